The van der Waals surface area contributed by atoms with Crippen LogP contribution in [0.25, 0.3) is 11.1 Å². The summed E-state index contributed by atoms with van der Waals surface area (Å²) in [4.78, 5) is 11.1. The molecule has 0 saturated heterocycles. The van der Waals surface area contributed by atoms with Crippen LogP contribution in [0.4, 0.5) is 18.0 Å². The van der Waals surface area contributed by atoms with E-state index in [0.717, 1.165) is 36.1 Å². The van der Waals surface area contributed by atoms with Gasteiger partial charge in [0.2, 0.25) is 0 Å². The predicted octanol–water partition coefficient (Wildman–Crippen LogP) is 4.85. The van der Waals surface area contributed by atoms with Gasteiger partial charge < -0.3 is 10.5 Å². The van der Waals surface area contributed by atoms with E-state index < -0.39 is 23.9 Å². The first-order valence-electron chi connectivity index (χ1n) is 7.61. The van der Waals surface area contributed by atoms with Gasteiger partial charge in [-0.3, -0.25) is 0 Å². The van der Waals surface area contributed by atoms with E-state index in [-0.39, 0.29) is 0 Å². The van der Waals surface area contributed by atoms with E-state index in [1.807, 2.05) is 6.07 Å². The van der Waals surface area contributed by atoms with Gasteiger partial charge in [0, 0.05) is 0 Å². The van der Waals surface area contributed by atoms with Crippen molar-refractivity contribution in [2.24, 2.45) is 5.73 Å². The molecule has 126 valence electrons. The zero-order chi connectivity index (χ0) is 17.3. The standard InChI is InChI=1S/C18H16F3NO2/c19-18(20,21)14-5-1-4-12(9-14)13-8-7-11-3-2-6-16(15(11)10-13)24-17(22)23/h1,4-5,7-10,16H,2-3,6H2,(H2,22,23). The highest BCUT2D eigenvalue weighted by Crippen LogP contribution is 2.37. The molecule has 0 saturated carbocycles. The molecule has 0 heterocycles. The summed E-state index contributed by atoms with van der Waals surface area (Å²) in [7, 11) is 0. The van der Waals surface area contributed by atoms with E-state index >= 15 is 0 Å². The molecule has 0 aliphatic heterocycles. The number of carbonyl (C=O) groups excluding carboxylic acids is 1. The highest BCUT2D eigenvalue weighted by molar-refractivity contribution is 5.68. The van der Waals surface area contributed by atoms with Crippen LogP contribution >= 0.6 is 0 Å². The fourth-order valence-corrected chi connectivity index (χ4v) is 3.07. The summed E-state index contributed by atoms with van der Waals surface area (Å²) in [6.45, 7) is 0. The molecular weight excluding hydrogens is 319 g/mol. The number of ether oxygens (including phenoxy) is 1. The van der Waals surface area contributed by atoms with E-state index in [0.29, 0.717) is 17.5 Å². The molecule has 0 aromatic heterocycles. The van der Waals surface area contributed by atoms with E-state index in [9.17, 15) is 18.0 Å². The van der Waals surface area contributed by atoms with Crippen molar-refractivity contribution in [3.8, 4) is 11.1 Å². The molecule has 2 aromatic carbocycles. The lowest BCUT2D eigenvalue weighted by Crippen LogP contribution is -2.20. The largest absolute Gasteiger partial charge is 0.442 e. The minimum Gasteiger partial charge on any atom is -0.442 e. The number of halogens is 3. The molecule has 1 amide bonds. The van der Waals surface area contributed by atoms with Crippen LogP contribution in [0.1, 0.15) is 35.6 Å². The maximum Gasteiger partial charge on any atom is 0.416 e. The predicted molar refractivity (Wildman–Crippen MR) is 83.2 cm³/mol. The van der Waals surface area contributed by atoms with Crippen molar-refractivity contribution in [1.82, 2.24) is 0 Å². The summed E-state index contributed by atoms with van der Waals surface area (Å²) in [6.07, 6.45) is -3.32. The topological polar surface area (TPSA) is 52.3 Å². The Bertz CT molecular complexity index is 771. The van der Waals surface area contributed by atoms with Gasteiger partial charge in [-0.2, -0.15) is 13.2 Å². The lowest BCUT2D eigenvalue weighted by Gasteiger charge is -2.25. The number of hydrogen-bond acceptors (Lipinski definition) is 2. The number of benzene rings is 2. The summed E-state index contributed by atoms with van der Waals surface area (Å²) in [6, 6.07) is 10.6. The number of rotatable bonds is 2. The SMILES string of the molecule is NC(=O)OC1CCCc2ccc(-c3cccc(C(F)(F)F)c3)cc21. The number of primary amides is 1. The normalized spacial score (nSPS) is 17.2. The second kappa shape index (κ2) is 6.19. The summed E-state index contributed by atoms with van der Waals surface area (Å²) < 4.78 is 43.8. The van der Waals surface area contributed by atoms with Crippen LogP contribution in [0.15, 0.2) is 42.5 Å². The second-order valence-corrected chi connectivity index (χ2v) is 5.81. The maximum atomic E-state index is 12.9. The van der Waals surface area contributed by atoms with Gasteiger partial charge in [-0.1, -0.05) is 24.3 Å². The van der Waals surface area contributed by atoms with Gasteiger partial charge in [0.15, 0.2) is 0 Å². The Morgan fingerprint density at radius 3 is 2.58 bits per heavy atom. The summed E-state index contributed by atoms with van der Waals surface area (Å²) in [5, 5.41) is 0. The Morgan fingerprint density at radius 1 is 1.12 bits per heavy atom. The number of fused-ring (bicyclic) bond motifs is 1. The second-order valence-electron chi connectivity index (χ2n) is 5.81. The van der Waals surface area contributed by atoms with Crippen LogP contribution in [-0.4, -0.2) is 6.09 Å². The molecule has 3 rings (SSSR count). The molecule has 0 bridgehead atoms. The number of hydrogen-bond donors (Lipinski definition) is 1. The molecule has 1 aliphatic rings. The Balaban J connectivity index is 2.00. The minimum absolute atomic E-state index is 0.447. The lowest BCUT2D eigenvalue weighted by molar-refractivity contribution is -0.137. The van der Waals surface area contributed by atoms with Crippen molar-refractivity contribution in [3.05, 3.63) is 59.2 Å². The number of aryl methyl sites for hydroxylation is 1. The van der Waals surface area contributed by atoms with Gasteiger partial charge in [0.1, 0.15) is 6.10 Å². The van der Waals surface area contributed by atoms with Crippen molar-refractivity contribution in [2.75, 3.05) is 0 Å². The molecule has 1 aliphatic carbocycles. The Morgan fingerprint density at radius 2 is 1.88 bits per heavy atom. The molecule has 0 radical (unpaired) electrons. The summed E-state index contributed by atoms with van der Waals surface area (Å²) >= 11 is 0. The lowest BCUT2D eigenvalue weighted by atomic mass is 9.87. The first kappa shape index (κ1) is 16.4. The van der Waals surface area contributed by atoms with Crippen LogP contribution in [0.2, 0.25) is 0 Å². The Hall–Kier alpha value is -2.50. The number of nitrogens with two attached hydrogens (primary N) is 1. The summed E-state index contributed by atoms with van der Waals surface area (Å²) in [5.74, 6) is 0. The molecule has 0 fully saturated rings. The fourth-order valence-electron chi connectivity index (χ4n) is 3.07. The molecular formula is C18H16F3NO2. The van der Waals surface area contributed by atoms with Crippen molar-refractivity contribution < 1.29 is 22.7 Å². The van der Waals surface area contributed by atoms with Crippen LogP contribution in [0.3, 0.4) is 0 Å². The quantitative estimate of drug-likeness (QED) is 0.853. The van der Waals surface area contributed by atoms with Crippen molar-refractivity contribution in [3.63, 3.8) is 0 Å². The van der Waals surface area contributed by atoms with E-state index in [1.165, 1.54) is 6.07 Å². The van der Waals surface area contributed by atoms with E-state index in [1.54, 1.807) is 18.2 Å². The Kier molecular flexibility index (Phi) is 4.22. The first-order chi connectivity index (χ1) is 11.3. The van der Waals surface area contributed by atoms with Crippen LogP contribution < -0.4 is 5.73 Å². The molecule has 6 heteroatoms. The monoisotopic (exact) mass is 335 g/mol. The zero-order valence-corrected chi connectivity index (χ0v) is 12.8. The van der Waals surface area contributed by atoms with Crippen molar-refractivity contribution >= 4 is 6.09 Å². The van der Waals surface area contributed by atoms with Crippen LogP contribution in [0, 0.1) is 0 Å². The van der Waals surface area contributed by atoms with Gasteiger partial charge in [0.05, 0.1) is 5.56 Å². The average Bonchev–Trinajstić information content (AvgIpc) is 2.54. The number of alkyl halides is 3. The third kappa shape index (κ3) is 3.37. The van der Waals surface area contributed by atoms with Gasteiger partial charge >= 0.3 is 12.3 Å². The summed E-state index contributed by atoms with van der Waals surface area (Å²) in [5.41, 5.74) is 7.39. The van der Waals surface area contributed by atoms with Crippen LogP contribution in [-0.2, 0) is 17.3 Å². The molecule has 3 nitrogen and oxygen atoms in total. The third-order valence-corrected chi connectivity index (χ3v) is 4.19. The van der Waals surface area contributed by atoms with E-state index in [2.05, 4.69) is 0 Å². The molecule has 2 aromatic rings. The van der Waals surface area contributed by atoms with Gasteiger partial charge in [0.25, 0.3) is 0 Å². The van der Waals surface area contributed by atoms with Gasteiger partial charge in [-0.05, 0) is 59.7 Å². The highest BCUT2D eigenvalue weighted by Gasteiger charge is 2.30. The van der Waals surface area contributed by atoms with E-state index in [4.69, 9.17) is 10.5 Å². The van der Waals surface area contributed by atoms with Gasteiger partial charge in [-0.25, -0.2) is 4.79 Å². The third-order valence-electron chi connectivity index (χ3n) is 4.19. The van der Waals surface area contributed by atoms with Crippen molar-refractivity contribution in [2.45, 2.75) is 31.5 Å². The number of amides is 1. The molecule has 0 spiro atoms. The van der Waals surface area contributed by atoms with Gasteiger partial charge in [-0.15, -0.1) is 0 Å². The van der Waals surface area contributed by atoms with Crippen LogP contribution in [0.5, 0.6) is 0 Å². The fraction of sp³-hybridized carbons (Fsp3) is 0.278. The molecule has 1 unspecified atom stereocenters. The van der Waals surface area contributed by atoms with Crippen molar-refractivity contribution in [1.29, 1.82) is 0 Å². The maximum absolute atomic E-state index is 12.9. The molecule has 1 atom stereocenters. The highest BCUT2D eigenvalue weighted by atomic mass is 19.4. The minimum atomic E-state index is -4.39. The molecule has 24 heavy (non-hydrogen) atoms. The zero-order valence-electron chi connectivity index (χ0n) is 12.8. The molecule has 2 N–H and O–H groups in total. The first-order valence-corrected chi connectivity index (χ1v) is 7.61. The average molecular weight is 335 g/mol. The number of carbonyl (C=O) groups is 1. The Labute approximate surface area is 137 Å². The smallest absolute Gasteiger partial charge is 0.416 e.